The van der Waals surface area contributed by atoms with Crippen LogP contribution < -0.4 is 5.32 Å². The third kappa shape index (κ3) is 3.21. The fraction of sp³-hybridized carbons (Fsp3) is 0.500. The first-order valence-corrected chi connectivity index (χ1v) is 9.51. The molecule has 24 heavy (non-hydrogen) atoms. The molecule has 0 spiro atoms. The van der Waals surface area contributed by atoms with E-state index in [1.807, 2.05) is 16.2 Å². The van der Waals surface area contributed by atoms with Crippen molar-refractivity contribution in [1.29, 1.82) is 0 Å². The molecule has 0 aromatic carbocycles. The highest BCUT2D eigenvalue weighted by Crippen LogP contribution is 2.34. The van der Waals surface area contributed by atoms with E-state index < -0.39 is 0 Å². The van der Waals surface area contributed by atoms with Crippen LogP contribution in [0.15, 0.2) is 24.5 Å². The monoisotopic (exact) mass is 342 g/mol. The van der Waals surface area contributed by atoms with E-state index in [0.29, 0.717) is 5.92 Å². The number of hydrogen-bond donors (Lipinski definition) is 1. The summed E-state index contributed by atoms with van der Waals surface area (Å²) in [6, 6.07) is 3.58. The lowest BCUT2D eigenvalue weighted by atomic mass is 9.97. The van der Waals surface area contributed by atoms with E-state index in [1.54, 1.807) is 24.5 Å². The Balaban J connectivity index is 1.40. The molecule has 0 saturated carbocycles. The Morgan fingerprint density at radius 3 is 2.83 bits per heavy atom. The van der Waals surface area contributed by atoms with Crippen molar-refractivity contribution in [3.05, 3.63) is 45.7 Å². The van der Waals surface area contributed by atoms with Gasteiger partial charge in [0, 0.05) is 48.4 Å². The Morgan fingerprint density at radius 1 is 1.25 bits per heavy atom. The van der Waals surface area contributed by atoms with Crippen molar-refractivity contribution < 1.29 is 4.79 Å². The minimum atomic E-state index is 0.120. The van der Waals surface area contributed by atoms with Gasteiger partial charge in [0.1, 0.15) is 0 Å². The van der Waals surface area contributed by atoms with Gasteiger partial charge in [-0.2, -0.15) is 0 Å². The van der Waals surface area contributed by atoms with E-state index in [1.165, 1.54) is 22.0 Å². The molecule has 4 heterocycles. The second-order valence-electron chi connectivity index (χ2n) is 6.50. The Labute approximate surface area is 146 Å². The van der Waals surface area contributed by atoms with E-state index in [9.17, 15) is 4.79 Å². The number of likely N-dealkylation sites (tertiary alicyclic amines) is 1. The zero-order valence-corrected chi connectivity index (χ0v) is 14.5. The molecule has 0 aliphatic carbocycles. The van der Waals surface area contributed by atoms with Crippen molar-refractivity contribution in [1.82, 2.24) is 20.2 Å². The van der Waals surface area contributed by atoms with Gasteiger partial charge in [-0.3, -0.25) is 9.78 Å². The molecule has 0 unspecified atom stereocenters. The lowest BCUT2D eigenvalue weighted by Gasteiger charge is -2.31. The average molecular weight is 342 g/mol. The minimum absolute atomic E-state index is 0.120. The number of hydrogen-bond acceptors (Lipinski definition) is 5. The molecule has 2 aliphatic heterocycles. The molecule has 0 radical (unpaired) electrons. The molecule has 1 fully saturated rings. The predicted molar refractivity (Wildman–Crippen MR) is 94.3 cm³/mol. The SMILES string of the molecule is O=C(c1ccncc1)N1CCC(c2nc3c(s2)CCCNC3)CC1. The first kappa shape index (κ1) is 15.7. The molecule has 126 valence electrons. The van der Waals surface area contributed by atoms with Crippen molar-refractivity contribution in [2.45, 2.75) is 38.1 Å². The van der Waals surface area contributed by atoms with E-state index in [2.05, 4.69) is 10.3 Å². The van der Waals surface area contributed by atoms with Crippen LogP contribution in [0.5, 0.6) is 0 Å². The van der Waals surface area contributed by atoms with Gasteiger partial charge in [-0.15, -0.1) is 11.3 Å². The maximum Gasteiger partial charge on any atom is 0.253 e. The van der Waals surface area contributed by atoms with Crippen LogP contribution >= 0.6 is 11.3 Å². The lowest BCUT2D eigenvalue weighted by Crippen LogP contribution is -2.37. The fourth-order valence-corrected chi connectivity index (χ4v) is 4.79. The quantitative estimate of drug-likeness (QED) is 0.911. The molecule has 4 rings (SSSR count). The first-order chi connectivity index (χ1) is 11.8. The number of rotatable bonds is 2. The minimum Gasteiger partial charge on any atom is -0.339 e. The van der Waals surface area contributed by atoms with Crippen LogP contribution in [0.25, 0.3) is 0 Å². The smallest absolute Gasteiger partial charge is 0.253 e. The summed E-state index contributed by atoms with van der Waals surface area (Å²) >= 11 is 1.90. The molecule has 5 nitrogen and oxygen atoms in total. The Morgan fingerprint density at radius 2 is 2.04 bits per heavy atom. The highest BCUT2D eigenvalue weighted by molar-refractivity contribution is 7.11. The second-order valence-corrected chi connectivity index (χ2v) is 7.62. The van der Waals surface area contributed by atoms with E-state index in [4.69, 9.17) is 4.98 Å². The first-order valence-electron chi connectivity index (χ1n) is 8.70. The van der Waals surface area contributed by atoms with Crippen LogP contribution in [0.4, 0.5) is 0 Å². The van der Waals surface area contributed by atoms with Crippen molar-refractivity contribution >= 4 is 17.2 Å². The van der Waals surface area contributed by atoms with E-state index in [-0.39, 0.29) is 5.91 Å². The molecule has 1 amide bonds. The van der Waals surface area contributed by atoms with Crippen molar-refractivity contribution in [3.8, 4) is 0 Å². The van der Waals surface area contributed by atoms with Crippen LogP contribution in [0, 0.1) is 0 Å². The summed E-state index contributed by atoms with van der Waals surface area (Å²) in [6.45, 7) is 3.63. The average Bonchev–Trinajstić information content (AvgIpc) is 2.92. The lowest BCUT2D eigenvalue weighted by molar-refractivity contribution is 0.0713. The van der Waals surface area contributed by atoms with Crippen LogP contribution in [-0.2, 0) is 13.0 Å². The van der Waals surface area contributed by atoms with Crippen LogP contribution in [0.1, 0.15) is 51.1 Å². The number of fused-ring (bicyclic) bond motifs is 1. The number of aryl methyl sites for hydroxylation is 1. The van der Waals surface area contributed by atoms with Gasteiger partial charge < -0.3 is 10.2 Å². The molecule has 2 aliphatic rings. The zero-order valence-electron chi connectivity index (χ0n) is 13.7. The van der Waals surface area contributed by atoms with E-state index in [0.717, 1.165) is 51.0 Å². The number of pyridine rings is 1. The fourth-order valence-electron chi connectivity index (χ4n) is 3.50. The van der Waals surface area contributed by atoms with Crippen LogP contribution in [0.3, 0.4) is 0 Å². The molecule has 1 N–H and O–H groups in total. The molecular weight excluding hydrogens is 320 g/mol. The molecule has 6 heteroatoms. The number of piperidine rings is 1. The Hall–Kier alpha value is -1.79. The highest BCUT2D eigenvalue weighted by Gasteiger charge is 2.27. The topological polar surface area (TPSA) is 58.1 Å². The summed E-state index contributed by atoms with van der Waals surface area (Å²) < 4.78 is 0. The van der Waals surface area contributed by atoms with Gasteiger partial charge in [0.25, 0.3) is 5.91 Å². The second kappa shape index (κ2) is 6.99. The van der Waals surface area contributed by atoms with Gasteiger partial charge in [-0.05, 0) is 44.4 Å². The number of carbonyl (C=O) groups is 1. The number of thiazole rings is 1. The normalized spacial score (nSPS) is 18.9. The summed E-state index contributed by atoms with van der Waals surface area (Å²) in [5.74, 6) is 0.624. The summed E-state index contributed by atoms with van der Waals surface area (Å²) in [6.07, 6.45) is 7.73. The summed E-state index contributed by atoms with van der Waals surface area (Å²) in [7, 11) is 0. The maximum atomic E-state index is 12.5. The zero-order chi connectivity index (χ0) is 16.4. The molecule has 0 bridgehead atoms. The molecule has 1 saturated heterocycles. The summed E-state index contributed by atoms with van der Waals surface area (Å²) in [4.78, 5) is 24.8. The van der Waals surface area contributed by atoms with Crippen LogP contribution in [0.2, 0.25) is 0 Å². The molecular formula is C18H22N4OS. The van der Waals surface area contributed by atoms with Gasteiger partial charge in [0.15, 0.2) is 0 Å². The van der Waals surface area contributed by atoms with Gasteiger partial charge in [0.05, 0.1) is 10.7 Å². The largest absolute Gasteiger partial charge is 0.339 e. The van der Waals surface area contributed by atoms with Gasteiger partial charge in [-0.1, -0.05) is 0 Å². The Kier molecular flexibility index (Phi) is 4.58. The Bertz CT molecular complexity index is 684. The number of nitrogens with one attached hydrogen (secondary N) is 1. The molecule has 2 aromatic rings. The summed E-state index contributed by atoms with van der Waals surface area (Å²) in [5.41, 5.74) is 1.98. The van der Waals surface area contributed by atoms with Crippen molar-refractivity contribution in [3.63, 3.8) is 0 Å². The predicted octanol–water partition coefficient (Wildman–Crippen LogP) is 2.59. The highest BCUT2D eigenvalue weighted by atomic mass is 32.1. The molecule has 0 atom stereocenters. The molecule has 2 aromatic heterocycles. The standard InChI is InChI=1S/C18H22N4OS/c23-18(14-3-8-19-9-4-14)22-10-5-13(6-11-22)17-21-15-12-20-7-1-2-16(15)24-17/h3-4,8-9,13,20H,1-2,5-7,10-12H2. The maximum absolute atomic E-state index is 12.5. The van der Waals surface area contributed by atoms with Gasteiger partial charge in [-0.25, -0.2) is 4.98 Å². The third-order valence-electron chi connectivity index (χ3n) is 4.90. The third-order valence-corrected chi connectivity index (χ3v) is 6.22. The van der Waals surface area contributed by atoms with E-state index >= 15 is 0 Å². The number of nitrogens with zero attached hydrogens (tertiary/aromatic N) is 3. The van der Waals surface area contributed by atoms with Crippen molar-refractivity contribution in [2.75, 3.05) is 19.6 Å². The van der Waals surface area contributed by atoms with Gasteiger partial charge >= 0.3 is 0 Å². The van der Waals surface area contributed by atoms with Crippen molar-refractivity contribution in [2.24, 2.45) is 0 Å². The number of carbonyl (C=O) groups excluding carboxylic acids is 1. The summed E-state index contributed by atoms with van der Waals surface area (Å²) in [5, 5.41) is 4.72. The number of aromatic nitrogens is 2. The number of amides is 1. The van der Waals surface area contributed by atoms with Gasteiger partial charge in [0.2, 0.25) is 0 Å². The van der Waals surface area contributed by atoms with Crippen LogP contribution in [-0.4, -0.2) is 40.4 Å².